The van der Waals surface area contributed by atoms with Gasteiger partial charge in [0.15, 0.2) is 0 Å². The predicted octanol–water partition coefficient (Wildman–Crippen LogP) is 3.05. The van der Waals surface area contributed by atoms with Crippen LogP contribution in [0, 0.1) is 12.3 Å². The fraction of sp³-hybridized carbons (Fsp3) is 0.520. The maximum atomic E-state index is 7.33. The van der Waals surface area contributed by atoms with Crippen LogP contribution in [0.5, 0.6) is 5.88 Å². The molecule has 2 aliphatic rings. The van der Waals surface area contributed by atoms with Crippen LogP contribution in [-0.4, -0.2) is 88.4 Å². The van der Waals surface area contributed by atoms with Crippen LogP contribution in [0.3, 0.4) is 0 Å². The van der Waals surface area contributed by atoms with Crippen LogP contribution in [0.15, 0.2) is 36.4 Å². The number of hydrogen-bond donors (Lipinski definition) is 2. The van der Waals surface area contributed by atoms with Gasteiger partial charge < -0.3 is 29.8 Å². The van der Waals surface area contributed by atoms with Gasteiger partial charge in [-0.05, 0) is 19.4 Å². The molecular formula is C25H37N5O3. The van der Waals surface area contributed by atoms with E-state index in [2.05, 4.69) is 26.2 Å². The third-order valence-electron chi connectivity index (χ3n) is 5.63. The van der Waals surface area contributed by atoms with Crippen LogP contribution in [0.1, 0.15) is 18.1 Å². The first-order chi connectivity index (χ1) is 16.0. The van der Waals surface area contributed by atoms with Crippen molar-refractivity contribution < 1.29 is 14.2 Å². The normalized spacial score (nSPS) is 16.5. The van der Waals surface area contributed by atoms with Crippen LogP contribution < -0.4 is 15.0 Å². The Balaban J connectivity index is 0.000000257. The molecule has 33 heavy (non-hydrogen) atoms. The van der Waals surface area contributed by atoms with Crippen molar-refractivity contribution in [3.63, 3.8) is 0 Å². The largest absolute Gasteiger partial charge is 0.476 e. The Morgan fingerprint density at radius 2 is 1.76 bits per heavy atom. The van der Waals surface area contributed by atoms with E-state index < -0.39 is 0 Å². The summed E-state index contributed by atoms with van der Waals surface area (Å²) in [6.45, 7) is 12.3. The molecule has 2 fully saturated rings. The molecule has 8 nitrogen and oxygen atoms in total. The van der Waals surface area contributed by atoms with E-state index in [9.17, 15) is 0 Å². The molecule has 2 N–H and O–H groups in total. The highest BCUT2D eigenvalue weighted by Gasteiger charge is 2.14. The molecule has 0 amide bonds. The zero-order valence-corrected chi connectivity index (χ0v) is 20.1. The summed E-state index contributed by atoms with van der Waals surface area (Å²) < 4.78 is 16.7. The molecule has 4 rings (SSSR count). The fourth-order valence-electron chi connectivity index (χ4n) is 3.68. The number of rotatable bonds is 7. The number of ether oxygens (including phenoxy) is 3. The van der Waals surface area contributed by atoms with E-state index in [4.69, 9.17) is 19.6 Å². The summed E-state index contributed by atoms with van der Waals surface area (Å²) in [5.41, 5.74) is 3.99. The Kier molecular flexibility index (Phi) is 9.93. The average molecular weight is 456 g/mol. The van der Waals surface area contributed by atoms with E-state index in [-0.39, 0.29) is 0 Å². The molecule has 1 aromatic heterocycles. The minimum Gasteiger partial charge on any atom is -0.476 e. The standard InChI is InChI=1S/C16H26N4O3.C9H11N/c1-17-15-12-14(20-5-9-22-10-6-20)13-16(18-15)23-11-4-19-2-7-21-8-3-19;1-7-4-3-5-9(6-7)8(2)10/h12-13H,2-11H2,1H3,(H,17,18);3-6,10H,1-2H3. The second-order valence-electron chi connectivity index (χ2n) is 8.20. The van der Waals surface area contributed by atoms with Gasteiger partial charge in [0.05, 0.1) is 26.4 Å². The van der Waals surface area contributed by atoms with Gasteiger partial charge in [-0.25, -0.2) is 0 Å². The van der Waals surface area contributed by atoms with Crippen LogP contribution in [0.25, 0.3) is 0 Å². The Morgan fingerprint density at radius 3 is 2.36 bits per heavy atom. The number of anilines is 2. The smallest absolute Gasteiger partial charge is 0.217 e. The van der Waals surface area contributed by atoms with Gasteiger partial charge in [-0.3, -0.25) is 4.90 Å². The summed E-state index contributed by atoms with van der Waals surface area (Å²) in [5.74, 6) is 1.50. The summed E-state index contributed by atoms with van der Waals surface area (Å²) in [6, 6.07) is 12.1. The first-order valence-corrected chi connectivity index (χ1v) is 11.6. The third-order valence-corrected chi connectivity index (χ3v) is 5.63. The minimum absolute atomic E-state index is 0.628. The van der Waals surface area contributed by atoms with Gasteiger partial charge in [0.25, 0.3) is 0 Å². The summed E-state index contributed by atoms with van der Waals surface area (Å²) in [7, 11) is 1.88. The molecule has 2 aliphatic heterocycles. The number of aryl methyl sites for hydroxylation is 1. The van der Waals surface area contributed by atoms with Crippen molar-refractivity contribution in [1.29, 1.82) is 5.41 Å². The summed E-state index contributed by atoms with van der Waals surface area (Å²) >= 11 is 0. The molecule has 0 atom stereocenters. The SMILES string of the molecule is CC(=N)c1cccc(C)c1.CNc1cc(N2CCOCC2)cc(OCCN2CCOCC2)n1. The summed E-state index contributed by atoms with van der Waals surface area (Å²) in [5, 5.41) is 10.4. The average Bonchev–Trinajstić information content (AvgIpc) is 2.85. The monoisotopic (exact) mass is 455 g/mol. The molecule has 0 bridgehead atoms. The lowest BCUT2D eigenvalue weighted by Crippen LogP contribution is -2.38. The van der Waals surface area contributed by atoms with E-state index in [1.165, 1.54) is 5.56 Å². The molecule has 0 unspecified atom stereocenters. The molecule has 2 aromatic rings. The first kappa shape index (κ1) is 25.0. The second-order valence-corrected chi connectivity index (χ2v) is 8.20. The quantitative estimate of drug-likeness (QED) is 0.621. The number of benzene rings is 1. The molecule has 8 heteroatoms. The van der Waals surface area contributed by atoms with E-state index in [1.54, 1.807) is 6.92 Å². The van der Waals surface area contributed by atoms with Crippen molar-refractivity contribution in [2.75, 3.05) is 83.0 Å². The maximum absolute atomic E-state index is 7.33. The van der Waals surface area contributed by atoms with Gasteiger partial charge in [0.1, 0.15) is 12.4 Å². The van der Waals surface area contributed by atoms with E-state index in [0.29, 0.717) is 18.2 Å². The van der Waals surface area contributed by atoms with Crippen LogP contribution in [0.4, 0.5) is 11.5 Å². The number of morpholine rings is 2. The number of pyridine rings is 1. The van der Waals surface area contributed by atoms with E-state index in [0.717, 1.165) is 76.2 Å². The molecule has 3 heterocycles. The molecule has 1 aromatic carbocycles. The second kappa shape index (κ2) is 13.1. The Morgan fingerprint density at radius 1 is 1.06 bits per heavy atom. The van der Waals surface area contributed by atoms with E-state index in [1.807, 2.05) is 44.3 Å². The lowest BCUT2D eigenvalue weighted by Gasteiger charge is -2.29. The van der Waals surface area contributed by atoms with Crippen molar-refractivity contribution >= 4 is 17.2 Å². The predicted molar refractivity (Wildman–Crippen MR) is 133 cm³/mol. The minimum atomic E-state index is 0.628. The number of aromatic nitrogens is 1. The van der Waals surface area contributed by atoms with Crippen molar-refractivity contribution in [2.24, 2.45) is 0 Å². The highest BCUT2D eigenvalue weighted by Crippen LogP contribution is 2.24. The third kappa shape index (κ3) is 8.31. The Bertz CT molecular complexity index is 880. The number of nitrogens with one attached hydrogen (secondary N) is 2. The fourth-order valence-corrected chi connectivity index (χ4v) is 3.68. The highest BCUT2D eigenvalue weighted by atomic mass is 16.5. The van der Waals surface area contributed by atoms with Gasteiger partial charge in [0.2, 0.25) is 5.88 Å². The van der Waals surface area contributed by atoms with Gasteiger partial charge in [0, 0.05) is 63.3 Å². The topological polar surface area (TPSA) is 82.9 Å². The van der Waals surface area contributed by atoms with Gasteiger partial charge in [-0.15, -0.1) is 0 Å². The Hall–Kier alpha value is -2.68. The van der Waals surface area contributed by atoms with Gasteiger partial charge in [-0.1, -0.05) is 29.8 Å². The molecule has 0 spiro atoms. The lowest BCUT2D eigenvalue weighted by atomic mass is 10.1. The van der Waals surface area contributed by atoms with Crippen molar-refractivity contribution in [3.8, 4) is 5.88 Å². The maximum Gasteiger partial charge on any atom is 0.217 e. The molecule has 0 aliphatic carbocycles. The van der Waals surface area contributed by atoms with Crippen molar-refractivity contribution in [2.45, 2.75) is 13.8 Å². The Labute approximate surface area is 197 Å². The molecular weight excluding hydrogens is 418 g/mol. The van der Waals surface area contributed by atoms with Gasteiger partial charge in [-0.2, -0.15) is 4.98 Å². The summed E-state index contributed by atoms with van der Waals surface area (Å²) in [4.78, 5) is 9.16. The van der Waals surface area contributed by atoms with Crippen molar-refractivity contribution in [3.05, 3.63) is 47.5 Å². The molecule has 180 valence electrons. The van der Waals surface area contributed by atoms with Crippen molar-refractivity contribution in [1.82, 2.24) is 9.88 Å². The summed E-state index contributed by atoms with van der Waals surface area (Å²) in [6.07, 6.45) is 0. The lowest BCUT2D eigenvalue weighted by molar-refractivity contribution is 0.0320. The number of nitrogens with zero attached hydrogens (tertiary/aromatic N) is 3. The first-order valence-electron chi connectivity index (χ1n) is 11.6. The van der Waals surface area contributed by atoms with E-state index >= 15 is 0 Å². The zero-order valence-electron chi connectivity index (χ0n) is 20.1. The number of hydrogen-bond acceptors (Lipinski definition) is 8. The molecule has 0 saturated carbocycles. The molecule has 0 radical (unpaired) electrons. The zero-order chi connectivity index (χ0) is 23.5. The van der Waals surface area contributed by atoms with Crippen LogP contribution in [-0.2, 0) is 9.47 Å². The van der Waals surface area contributed by atoms with Crippen LogP contribution in [0.2, 0.25) is 0 Å². The van der Waals surface area contributed by atoms with Crippen LogP contribution >= 0.6 is 0 Å². The molecule has 2 saturated heterocycles. The highest BCUT2D eigenvalue weighted by molar-refractivity contribution is 5.96. The van der Waals surface area contributed by atoms with Gasteiger partial charge >= 0.3 is 0 Å².